The summed E-state index contributed by atoms with van der Waals surface area (Å²) < 4.78 is 11.0. The first-order chi connectivity index (χ1) is 15.2. The maximum Gasteiger partial charge on any atom is 0.252 e. The number of methoxy groups -OCH3 is 1. The van der Waals surface area contributed by atoms with Crippen molar-refractivity contribution >= 4 is 11.9 Å². The van der Waals surface area contributed by atoms with Gasteiger partial charge in [-0.25, -0.2) is 0 Å². The predicted octanol–water partition coefficient (Wildman–Crippen LogP) is 2.41. The van der Waals surface area contributed by atoms with Crippen molar-refractivity contribution in [2.45, 2.75) is 26.7 Å². The molecule has 2 aromatic rings. The molecule has 3 N–H and O–H groups in total. The van der Waals surface area contributed by atoms with Gasteiger partial charge in [-0.15, -0.1) is 0 Å². The zero-order chi connectivity index (χ0) is 22.3. The number of carbonyl (C=O) groups is 1. The molecule has 31 heavy (non-hydrogen) atoms. The molecular weight excluding hydrogens is 394 g/mol. The standard InChI is InChI=1S/C23H33N5O3/c1-4-25-23(28-15-14-26-22(29)19-9-7-12-24-17-19)27-13-6-8-18-10-11-20(30-3)21(16-18)31-5-2/h7,9-12,16-17H,4-6,8,13-15H2,1-3H3,(H,26,29)(H2,25,27,28). The molecule has 0 saturated heterocycles. The molecule has 1 aromatic carbocycles. The Hall–Kier alpha value is -3.29. The Morgan fingerprint density at radius 3 is 2.65 bits per heavy atom. The lowest BCUT2D eigenvalue weighted by Gasteiger charge is -2.12. The zero-order valence-corrected chi connectivity index (χ0v) is 18.6. The number of aromatic nitrogens is 1. The van der Waals surface area contributed by atoms with E-state index in [1.807, 2.05) is 26.0 Å². The molecule has 1 amide bonds. The molecule has 0 aliphatic heterocycles. The van der Waals surface area contributed by atoms with E-state index < -0.39 is 0 Å². The number of carbonyl (C=O) groups excluding carboxylic acids is 1. The van der Waals surface area contributed by atoms with Gasteiger partial charge < -0.3 is 25.4 Å². The molecule has 2 rings (SSSR count). The summed E-state index contributed by atoms with van der Waals surface area (Å²) >= 11 is 0. The van der Waals surface area contributed by atoms with Crippen LogP contribution >= 0.6 is 0 Å². The van der Waals surface area contributed by atoms with Crippen LogP contribution in [0.15, 0.2) is 47.7 Å². The number of nitrogens with zero attached hydrogens (tertiary/aromatic N) is 2. The summed E-state index contributed by atoms with van der Waals surface area (Å²) in [5.41, 5.74) is 1.74. The molecule has 0 saturated carbocycles. The third-order valence-corrected chi connectivity index (χ3v) is 4.39. The minimum Gasteiger partial charge on any atom is -0.493 e. The highest BCUT2D eigenvalue weighted by Crippen LogP contribution is 2.28. The fraction of sp³-hybridized carbons (Fsp3) is 0.435. The van der Waals surface area contributed by atoms with Crippen LogP contribution in [0.1, 0.15) is 36.2 Å². The first kappa shape index (κ1) is 24.0. The van der Waals surface area contributed by atoms with Crippen molar-refractivity contribution in [1.29, 1.82) is 0 Å². The molecule has 1 heterocycles. The number of aryl methyl sites for hydroxylation is 1. The van der Waals surface area contributed by atoms with Gasteiger partial charge in [-0.3, -0.25) is 14.8 Å². The van der Waals surface area contributed by atoms with Crippen LogP contribution in [0.25, 0.3) is 0 Å². The van der Waals surface area contributed by atoms with Crippen LogP contribution in [-0.2, 0) is 6.42 Å². The topological polar surface area (TPSA) is 96.9 Å². The van der Waals surface area contributed by atoms with Crippen LogP contribution in [-0.4, -0.2) is 56.7 Å². The van der Waals surface area contributed by atoms with Gasteiger partial charge >= 0.3 is 0 Å². The van der Waals surface area contributed by atoms with Crippen molar-refractivity contribution in [2.24, 2.45) is 4.99 Å². The number of aliphatic imine (C=N–C) groups is 1. The minimum absolute atomic E-state index is 0.136. The number of nitrogens with one attached hydrogen (secondary N) is 3. The van der Waals surface area contributed by atoms with E-state index in [1.54, 1.807) is 31.6 Å². The molecular formula is C23H33N5O3. The second-order valence-corrected chi connectivity index (χ2v) is 6.71. The van der Waals surface area contributed by atoms with E-state index in [0.29, 0.717) is 31.8 Å². The Morgan fingerprint density at radius 1 is 1.10 bits per heavy atom. The van der Waals surface area contributed by atoms with Crippen molar-refractivity contribution < 1.29 is 14.3 Å². The van der Waals surface area contributed by atoms with Crippen LogP contribution in [0.3, 0.4) is 0 Å². The molecule has 0 unspecified atom stereocenters. The van der Waals surface area contributed by atoms with E-state index in [2.05, 4.69) is 32.0 Å². The Morgan fingerprint density at radius 2 is 1.94 bits per heavy atom. The van der Waals surface area contributed by atoms with E-state index in [4.69, 9.17) is 9.47 Å². The lowest BCUT2D eigenvalue weighted by atomic mass is 10.1. The van der Waals surface area contributed by atoms with Crippen LogP contribution in [0.2, 0.25) is 0 Å². The quantitative estimate of drug-likeness (QED) is 0.273. The summed E-state index contributed by atoms with van der Waals surface area (Å²) in [5.74, 6) is 2.12. The summed E-state index contributed by atoms with van der Waals surface area (Å²) in [5, 5.41) is 9.32. The van der Waals surface area contributed by atoms with Crippen LogP contribution in [0.4, 0.5) is 0 Å². The second-order valence-electron chi connectivity index (χ2n) is 6.71. The average Bonchev–Trinajstić information content (AvgIpc) is 2.80. The monoisotopic (exact) mass is 427 g/mol. The number of rotatable bonds is 12. The molecule has 0 fully saturated rings. The Kier molecular flexibility index (Phi) is 10.7. The fourth-order valence-corrected chi connectivity index (χ4v) is 2.92. The van der Waals surface area contributed by atoms with Gasteiger partial charge in [0.05, 0.1) is 19.3 Å². The number of hydrogen-bond acceptors (Lipinski definition) is 5. The Labute approximate surface area is 184 Å². The van der Waals surface area contributed by atoms with Gasteiger partial charge in [0.2, 0.25) is 0 Å². The number of pyridine rings is 1. The number of guanidine groups is 1. The van der Waals surface area contributed by atoms with Gasteiger partial charge in [0.15, 0.2) is 17.5 Å². The molecule has 0 atom stereocenters. The maximum absolute atomic E-state index is 12.0. The summed E-state index contributed by atoms with van der Waals surface area (Å²) in [6.45, 7) is 7.11. The van der Waals surface area contributed by atoms with Crippen molar-refractivity contribution in [3.05, 3.63) is 53.9 Å². The maximum atomic E-state index is 12.0. The molecule has 0 aliphatic carbocycles. The molecule has 168 valence electrons. The van der Waals surface area contributed by atoms with Gasteiger partial charge in [-0.2, -0.15) is 0 Å². The number of amides is 1. The van der Waals surface area contributed by atoms with E-state index in [0.717, 1.165) is 36.8 Å². The molecule has 8 heteroatoms. The minimum atomic E-state index is -0.136. The molecule has 0 radical (unpaired) electrons. The van der Waals surface area contributed by atoms with Gasteiger partial charge in [0.1, 0.15) is 0 Å². The fourth-order valence-electron chi connectivity index (χ4n) is 2.92. The average molecular weight is 428 g/mol. The van der Waals surface area contributed by atoms with Crippen LogP contribution in [0.5, 0.6) is 11.5 Å². The molecule has 0 aliphatic rings. The number of benzene rings is 1. The molecule has 0 spiro atoms. The highest BCUT2D eigenvalue weighted by atomic mass is 16.5. The largest absolute Gasteiger partial charge is 0.493 e. The first-order valence-corrected chi connectivity index (χ1v) is 10.7. The van der Waals surface area contributed by atoms with Crippen molar-refractivity contribution in [3.8, 4) is 11.5 Å². The predicted molar refractivity (Wildman–Crippen MR) is 123 cm³/mol. The lowest BCUT2D eigenvalue weighted by Crippen LogP contribution is -2.41. The summed E-state index contributed by atoms with van der Waals surface area (Å²) in [7, 11) is 1.64. The SMILES string of the molecule is CCNC(=NCCCc1ccc(OC)c(OCC)c1)NCCNC(=O)c1cccnc1. The molecule has 8 nitrogen and oxygen atoms in total. The number of hydrogen-bond donors (Lipinski definition) is 3. The van der Waals surface area contributed by atoms with Gasteiger partial charge in [-0.1, -0.05) is 6.07 Å². The summed E-state index contributed by atoms with van der Waals surface area (Å²) in [4.78, 5) is 20.6. The van der Waals surface area contributed by atoms with Crippen molar-refractivity contribution in [1.82, 2.24) is 20.9 Å². The van der Waals surface area contributed by atoms with Crippen molar-refractivity contribution in [3.63, 3.8) is 0 Å². The second kappa shape index (κ2) is 13.8. The summed E-state index contributed by atoms with van der Waals surface area (Å²) in [6, 6.07) is 9.50. The normalized spacial score (nSPS) is 11.0. The van der Waals surface area contributed by atoms with E-state index in [9.17, 15) is 4.79 Å². The highest BCUT2D eigenvalue weighted by Gasteiger charge is 2.06. The van der Waals surface area contributed by atoms with Gasteiger partial charge in [0, 0.05) is 38.6 Å². The highest BCUT2D eigenvalue weighted by molar-refractivity contribution is 5.93. The van der Waals surface area contributed by atoms with E-state index >= 15 is 0 Å². The van der Waals surface area contributed by atoms with Gasteiger partial charge in [-0.05, 0) is 56.5 Å². The number of ether oxygens (including phenoxy) is 2. The first-order valence-electron chi connectivity index (χ1n) is 10.7. The smallest absolute Gasteiger partial charge is 0.252 e. The Balaban J connectivity index is 1.75. The van der Waals surface area contributed by atoms with E-state index in [-0.39, 0.29) is 5.91 Å². The van der Waals surface area contributed by atoms with E-state index in [1.165, 1.54) is 5.56 Å². The molecule has 0 bridgehead atoms. The van der Waals surface area contributed by atoms with Crippen LogP contribution in [0, 0.1) is 0 Å². The Bertz CT molecular complexity index is 827. The van der Waals surface area contributed by atoms with Crippen molar-refractivity contribution in [2.75, 3.05) is 39.9 Å². The third kappa shape index (κ3) is 8.54. The van der Waals surface area contributed by atoms with Gasteiger partial charge in [0.25, 0.3) is 5.91 Å². The zero-order valence-electron chi connectivity index (χ0n) is 18.6. The van der Waals surface area contributed by atoms with Crippen LogP contribution < -0.4 is 25.4 Å². The lowest BCUT2D eigenvalue weighted by molar-refractivity contribution is 0.0954. The molecule has 1 aromatic heterocycles. The third-order valence-electron chi connectivity index (χ3n) is 4.39. The summed E-state index contributed by atoms with van der Waals surface area (Å²) in [6.07, 6.45) is 5.00.